The van der Waals surface area contributed by atoms with Crippen molar-refractivity contribution >= 4 is 7.82 Å². The SMILES string of the molecule is C#CC(C)(C)OP(=O)(OC)OC(C)(C)C#C. The lowest BCUT2D eigenvalue weighted by atomic mass is 10.2. The molecular weight excluding hydrogens is 227 g/mol. The molecule has 0 aromatic rings. The second kappa shape index (κ2) is 5.04. The number of phosphoric acid groups is 1. The minimum absolute atomic E-state index is 1.06. The zero-order valence-electron chi connectivity index (χ0n) is 10.2. The van der Waals surface area contributed by atoms with Crippen molar-refractivity contribution in [1.29, 1.82) is 0 Å². The standard InChI is InChI=1S/C11H17O4P/c1-8-10(3,4)14-16(12,13-7)15-11(5,6)9-2/h1-2H,3-7H3. The van der Waals surface area contributed by atoms with Crippen LogP contribution in [0.4, 0.5) is 0 Å². The minimum Gasteiger partial charge on any atom is -0.290 e. The lowest BCUT2D eigenvalue weighted by Gasteiger charge is -2.28. The van der Waals surface area contributed by atoms with Crippen molar-refractivity contribution in [3.05, 3.63) is 0 Å². The first kappa shape index (κ1) is 15.2. The van der Waals surface area contributed by atoms with Crippen LogP contribution in [0.3, 0.4) is 0 Å². The molecule has 4 nitrogen and oxygen atoms in total. The van der Waals surface area contributed by atoms with E-state index in [0.29, 0.717) is 0 Å². The maximum absolute atomic E-state index is 12.1. The first-order valence-electron chi connectivity index (χ1n) is 4.62. The van der Waals surface area contributed by atoms with Crippen molar-refractivity contribution < 1.29 is 18.1 Å². The Hall–Kier alpha value is -0.770. The molecule has 0 unspecified atom stereocenters. The van der Waals surface area contributed by atoms with Crippen LogP contribution in [0.2, 0.25) is 0 Å². The third-order valence-electron chi connectivity index (χ3n) is 1.60. The largest absolute Gasteiger partial charge is 0.477 e. The summed E-state index contributed by atoms with van der Waals surface area (Å²) < 4.78 is 27.1. The Morgan fingerprint density at radius 2 is 1.31 bits per heavy atom. The number of hydrogen-bond acceptors (Lipinski definition) is 4. The van der Waals surface area contributed by atoms with Crippen LogP contribution in [0, 0.1) is 24.7 Å². The van der Waals surface area contributed by atoms with Gasteiger partial charge in [0.05, 0.1) is 0 Å². The summed E-state index contributed by atoms with van der Waals surface area (Å²) in [6.07, 6.45) is 10.4. The third kappa shape index (κ3) is 4.84. The molecule has 0 radical (unpaired) electrons. The van der Waals surface area contributed by atoms with E-state index in [0.717, 1.165) is 0 Å². The summed E-state index contributed by atoms with van der Waals surface area (Å²) in [7, 11) is -2.55. The third-order valence-corrected chi connectivity index (χ3v) is 3.41. The predicted molar refractivity (Wildman–Crippen MR) is 62.6 cm³/mol. The molecule has 0 saturated carbocycles. The molecule has 5 heteroatoms. The molecule has 0 rings (SSSR count). The smallest absolute Gasteiger partial charge is 0.290 e. The van der Waals surface area contributed by atoms with Gasteiger partial charge in [0.1, 0.15) is 11.2 Å². The Kier molecular flexibility index (Phi) is 4.80. The molecule has 90 valence electrons. The minimum atomic E-state index is -3.76. The summed E-state index contributed by atoms with van der Waals surface area (Å²) in [6.45, 7) is 6.30. The number of hydrogen-bond donors (Lipinski definition) is 0. The zero-order chi connectivity index (χ0) is 13.0. The van der Waals surface area contributed by atoms with E-state index in [1.165, 1.54) is 7.11 Å². The highest BCUT2D eigenvalue weighted by molar-refractivity contribution is 7.48. The Morgan fingerprint density at radius 1 is 1.00 bits per heavy atom. The first-order valence-corrected chi connectivity index (χ1v) is 6.08. The van der Waals surface area contributed by atoms with Gasteiger partial charge in [-0.15, -0.1) is 12.8 Å². The van der Waals surface area contributed by atoms with Gasteiger partial charge in [0, 0.05) is 7.11 Å². The van der Waals surface area contributed by atoms with Gasteiger partial charge in [0.25, 0.3) is 0 Å². The molecule has 0 aliphatic heterocycles. The fraction of sp³-hybridized carbons (Fsp3) is 0.636. The average Bonchev–Trinajstić information content (AvgIpc) is 2.16. The molecule has 0 heterocycles. The molecule has 0 fully saturated rings. The monoisotopic (exact) mass is 244 g/mol. The van der Waals surface area contributed by atoms with Crippen LogP contribution in [-0.2, 0) is 18.1 Å². The Morgan fingerprint density at radius 3 is 1.50 bits per heavy atom. The van der Waals surface area contributed by atoms with Crippen molar-refractivity contribution in [2.24, 2.45) is 0 Å². The molecule has 0 aromatic heterocycles. The summed E-state index contributed by atoms with van der Waals surface area (Å²) in [5.41, 5.74) is -2.12. The van der Waals surface area contributed by atoms with E-state index in [2.05, 4.69) is 11.8 Å². The van der Waals surface area contributed by atoms with Crippen molar-refractivity contribution in [3.8, 4) is 24.7 Å². The van der Waals surface area contributed by atoms with E-state index in [4.69, 9.17) is 26.4 Å². The van der Waals surface area contributed by atoms with Crippen LogP contribution in [0.15, 0.2) is 0 Å². The van der Waals surface area contributed by atoms with Gasteiger partial charge in [-0.2, -0.15) is 0 Å². The molecule has 0 bridgehead atoms. The van der Waals surface area contributed by atoms with Crippen LogP contribution in [-0.4, -0.2) is 18.3 Å². The van der Waals surface area contributed by atoms with Crippen molar-refractivity contribution in [3.63, 3.8) is 0 Å². The maximum Gasteiger partial charge on any atom is 0.477 e. The van der Waals surface area contributed by atoms with E-state index in [1.54, 1.807) is 27.7 Å². The van der Waals surface area contributed by atoms with Gasteiger partial charge in [-0.1, -0.05) is 11.8 Å². The fourth-order valence-corrected chi connectivity index (χ4v) is 2.11. The molecule has 16 heavy (non-hydrogen) atoms. The van der Waals surface area contributed by atoms with E-state index in [9.17, 15) is 4.57 Å². The predicted octanol–water partition coefficient (Wildman–Crippen LogP) is 2.60. The molecule has 0 N–H and O–H groups in total. The molecule has 0 aliphatic rings. The Bertz CT molecular complexity index is 338. The number of phosphoric ester groups is 1. The second-order valence-corrected chi connectivity index (χ2v) is 5.75. The topological polar surface area (TPSA) is 44.8 Å². The summed E-state index contributed by atoms with van der Waals surface area (Å²) in [6, 6.07) is 0. The van der Waals surface area contributed by atoms with Crippen LogP contribution in [0.25, 0.3) is 0 Å². The van der Waals surface area contributed by atoms with E-state index >= 15 is 0 Å². The van der Waals surface area contributed by atoms with Gasteiger partial charge in [0.15, 0.2) is 0 Å². The van der Waals surface area contributed by atoms with Gasteiger partial charge < -0.3 is 0 Å². The lowest BCUT2D eigenvalue weighted by Crippen LogP contribution is -2.26. The van der Waals surface area contributed by atoms with Crippen LogP contribution in [0.5, 0.6) is 0 Å². The first-order chi connectivity index (χ1) is 7.10. The van der Waals surface area contributed by atoms with E-state index in [1.807, 2.05) is 0 Å². The molecule has 0 aliphatic carbocycles. The summed E-state index contributed by atoms with van der Waals surface area (Å²) in [4.78, 5) is 0. The quantitative estimate of drug-likeness (QED) is 0.550. The summed E-state index contributed by atoms with van der Waals surface area (Å²) in [5.74, 6) is 4.66. The fourth-order valence-electron chi connectivity index (χ4n) is 0.705. The van der Waals surface area contributed by atoms with Gasteiger partial charge >= 0.3 is 7.82 Å². The Labute approximate surface area is 97.3 Å². The highest BCUT2D eigenvalue weighted by atomic mass is 31.2. The van der Waals surface area contributed by atoms with Gasteiger partial charge in [-0.3, -0.25) is 13.6 Å². The van der Waals surface area contributed by atoms with E-state index in [-0.39, 0.29) is 0 Å². The number of rotatable bonds is 5. The van der Waals surface area contributed by atoms with Crippen molar-refractivity contribution in [2.45, 2.75) is 38.9 Å². The summed E-state index contributed by atoms with van der Waals surface area (Å²) in [5, 5.41) is 0. The van der Waals surface area contributed by atoms with Crippen LogP contribution < -0.4 is 0 Å². The van der Waals surface area contributed by atoms with Gasteiger partial charge in [-0.05, 0) is 27.7 Å². The second-order valence-electron chi connectivity index (χ2n) is 4.12. The van der Waals surface area contributed by atoms with Crippen LogP contribution in [0.1, 0.15) is 27.7 Å². The molecule has 0 atom stereocenters. The lowest BCUT2D eigenvalue weighted by molar-refractivity contribution is 0.0388. The molecule has 0 saturated heterocycles. The normalized spacial score (nSPS) is 12.9. The highest BCUT2D eigenvalue weighted by Crippen LogP contribution is 2.54. The molecule has 0 amide bonds. The van der Waals surface area contributed by atoms with Gasteiger partial charge in [-0.25, -0.2) is 4.57 Å². The number of terminal acetylenes is 2. The average molecular weight is 244 g/mol. The van der Waals surface area contributed by atoms with Crippen molar-refractivity contribution in [2.75, 3.05) is 7.11 Å². The molecule has 0 aromatic carbocycles. The molecule has 0 spiro atoms. The van der Waals surface area contributed by atoms with E-state index < -0.39 is 19.0 Å². The summed E-state index contributed by atoms with van der Waals surface area (Å²) >= 11 is 0. The zero-order valence-corrected chi connectivity index (χ0v) is 11.1. The highest BCUT2D eigenvalue weighted by Gasteiger charge is 2.38. The van der Waals surface area contributed by atoms with Crippen LogP contribution >= 0.6 is 7.82 Å². The van der Waals surface area contributed by atoms with Crippen molar-refractivity contribution in [1.82, 2.24) is 0 Å². The van der Waals surface area contributed by atoms with Gasteiger partial charge in [0.2, 0.25) is 0 Å². The molecular formula is C11H17O4P. The maximum atomic E-state index is 12.1. The Balaban J connectivity index is 4.92.